The lowest BCUT2D eigenvalue weighted by atomic mass is 10.1. The van der Waals surface area contributed by atoms with Crippen LogP contribution in [0.2, 0.25) is 5.15 Å². The summed E-state index contributed by atoms with van der Waals surface area (Å²) in [5, 5.41) is 0.648. The number of imidazole rings is 1. The van der Waals surface area contributed by atoms with E-state index < -0.39 is 0 Å². The number of aromatic nitrogens is 2. The number of H-pyrrole nitrogens is 1. The summed E-state index contributed by atoms with van der Waals surface area (Å²) < 4.78 is 0. The first kappa shape index (κ1) is 11.6. The molecule has 80 valence electrons. The van der Waals surface area contributed by atoms with Gasteiger partial charge in [-0.25, -0.2) is 4.98 Å². The highest BCUT2D eigenvalue weighted by Crippen LogP contribution is 2.17. The van der Waals surface area contributed by atoms with Gasteiger partial charge in [-0.3, -0.25) is 0 Å². The van der Waals surface area contributed by atoms with Gasteiger partial charge in [0.05, 0.1) is 5.69 Å². The molecule has 0 atom stereocenters. The summed E-state index contributed by atoms with van der Waals surface area (Å²) in [6.45, 7) is 8.72. The molecule has 1 N–H and O–H groups in total. The van der Waals surface area contributed by atoms with Crippen molar-refractivity contribution in [1.82, 2.24) is 9.97 Å². The molecule has 0 bridgehead atoms. The SMILES string of the molecule is CC(C)Cc1nc(Cl)c(CC(C)C)[nH]1. The van der Waals surface area contributed by atoms with Gasteiger partial charge in [0.15, 0.2) is 0 Å². The molecule has 1 aromatic heterocycles. The molecule has 0 aliphatic heterocycles. The molecule has 0 saturated carbocycles. The van der Waals surface area contributed by atoms with Crippen LogP contribution in [-0.2, 0) is 12.8 Å². The van der Waals surface area contributed by atoms with E-state index in [0.717, 1.165) is 24.4 Å². The van der Waals surface area contributed by atoms with Crippen LogP contribution in [0.15, 0.2) is 0 Å². The molecule has 0 aliphatic carbocycles. The van der Waals surface area contributed by atoms with Gasteiger partial charge in [-0.1, -0.05) is 39.3 Å². The average Bonchev–Trinajstić information content (AvgIpc) is 2.28. The van der Waals surface area contributed by atoms with Gasteiger partial charge < -0.3 is 4.98 Å². The molecule has 1 aromatic rings. The molecule has 0 amide bonds. The second-order valence-electron chi connectivity index (χ2n) is 4.65. The third-order valence-electron chi connectivity index (χ3n) is 1.99. The van der Waals surface area contributed by atoms with E-state index in [1.807, 2.05) is 0 Å². The highest BCUT2D eigenvalue weighted by atomic mass is 35.5. The van der Waals surface area contributed by atoms with E-state index in [0.29, 0.717) is 17.0 Å². The summed E-state index contributed by atoms with van der Waals surface area (Å²) in [5.41, 5.74) is 1.08. The van der Waals surface area contributed by atoms with Crippen LogP contribution in [0.5, 0.6) is 0 Å². The first-order valence-corrected chi connectivity index (χ1v) is 5.60. The standard InChI is InChI=1S/C11H19ClN2/c1-7(2)5-9-11(12)14-10(13-9)6-8(3)4/h7-8H,5-6H2,1-4H3,(H,13,14). The van der Waals surface area contributed by atoms with Gasteiger partial charge in [0, 0.05) is 6.42 Å². The minimum Gasteiger partial charge on any atom is -0.345 e. The van der Waals surface area contributed by atoms with Gasteiger partial charge in [0.2, 0.25) is 0 Å². The van der Waals surface area contributed by atoms with Gasteiger partial charge in [-0.05, 0) is 18.3 Å². The second-order valence-corrected chi connectivity index (χ2v) is 5.01. The number of rotatable bonds is 4. The Hall–Kier alpha value is -0.500. The summed E-state index contributed by atoms with van der Waals surface area (Å²) >= 11 is 6.03. The minimum atomic E-state index is 0.611. The predicted molar refractivity (Wildman–Crippen MR) is 60.7 cm³/mol. The zero-order valence-electron chi connectivity index (χ0n) is 9.39. The third kappa shape index (κ3) is 3.33. The van der Waals surface area contributed by atoms with Crippen molar-refractivity contribution in [1.29, 1.82) is 0 Å². The Morgan fingerprint density at radius 1 is 1.14 bits per heavy atom. The summed E-state index contributed by atoms with van der Waals surface area (Å²) in [6.07, 6.45) is 1.95. The number of hydrogen-bond donors (Lipinski definition) is 1. The van der Waals surface area contributed by atoms with Crippen molar-refractivity contribution in [3.8, 4) is 0 Å². The summed E-state index contributed by atoms with van der Waals surface area (Å²) in [7, 11) is 0. The Morgan fingerprint density at radius 3 is 2.21 bits per heavy atom. The van der Waals surface area contributed by atoms with E-state index >= 15 is 0 Å². The third-order valence-corrected chi connectivity index (χ3v) is 2.30. The lowest BCUT2D eigenvalue weighted by Gasteiger charge is -2.02. The maximum absolute atomic E-state index is 6.03. The Labute approximate surface area is 91.1 Å². The smallest absolute Gasteiger partial charge is 0.150 e. The molecule has 3 heteroatoms. The number of halogens is 1. The topological polar surface area (TPSA) is 28.7 Å². The first-order valence-electron chi connectivity index (χ1n) is 5.22. The zero-order chi connectivity index (χ0) is 10.7. The molecule has 2 nitrogen and oxygen atoms in total. The normalized spacial score (nSPS) is 11.6. The lowest BCUT2D eigenvalue weighted by molar-refractivity contribution is 0.616. The van der Waals surface area contributed by atoms with Crippen LogP contribution in [0, 0.1) is 11.8 Å². The molecule has 0 radical (unpaired) electrons. The van der Waals surface area contributed by atoms with Gasteiger partial charge >= 0.3 is 0 Å². The number of nitrogens with zero attached hydrogens (tertiary/aromatic N) is 1. The maximum atomic E-state index is 6.03. The number of nitrogens with one attached hydrogen (secondary N) is 1. The van der Waals surface area contributed by atoms with Crippen molar-refractivity contribution in [2.75, 3.05) is 0 Å². The van der Waals surface area contributed by atoms with Crippen LogP contribution in [-0.4, -0.2) is 9.97 Å². The molecule has 0 spiro atoms. The molecule has 1 rings (SSSR count). The minimum absolute atomic E-state index is 0.611. The fourth-order valence-electron chi connectivity index (χ4n) is 1.47. The van der Waals surface area contributed by atoms with E-state index in [-0.39, 0.29) is 0 Å². The largest absolute Gasteiger partial charge is 0.345 e. The summed E-state index contributed by atoms with van der Waals surface area (Å²) in [4.78, 5) is 7.61. The van der Waals surface area contributed by atoms with Crippen molar-refractivity contribution in [2.24, 2.45) is 11.8 Å². The molecule has 0 aromatic carbocycles. The Balaban J connectivity index is 2.72. The van der Waals surface area contributed by atoms with Gasteiger partial charge in [-0.15, -0.1) is 0 Å². The van der Waals surface area contributed by atoms with Crippen LogP contribution >= 0.6 is 11.6 Å². The van der Waals surface area contributed by atoms with Crippen LogP contribution in [0.1, 0.15) is 39.2 Å². The monoisotopic (exact) mass is 214 g/mol. The van der Waals surface area contributed by atoms with Crippen LogP contribution in [0.4, 0.5) is 0 Å². The Bertz CT molecular complexity index is 289. The fraction of sp³-hybridized carbons (Fsp3) is 0.727. The second kappa shape index (κ2) is 4.83. The first-order chi connectivity index (χ1) is 6.49. The quantitative estimate of drug-likeness (QED) is 0.817. The van der Waals surface area contributed by atoms with E-state index in [9.17, 15) is 0 Å². The van der Waals surface area contributed by atoms with E-state index in [1.54, 1.807) is 0 Å². The number of aromatic amines is 1. The van der Waals surface area contributed by atoms with E-state index in [2.05, 4.69) is 37.7 Å². The lowest BCUT2D eigenvalue weighted by Crippen LogP contribution is -1.98. The van der Waals surface area contributed by atoms with Gasteiger partial charge in [0.1, 0.15) is 11.0 Å². The number of hydrogen-bond acceptors (Lipinski definition) is 1. The molecule has 0 saturated heterocycles. The van der Waals surface area contributed by atoms with Gasteiger partial charge in [-0.2, -0.15) is 0 Å². The predicted octanol–water partition coefficient (Wildman–Crippen LogP) is 3.46. The molecular weight excluding hydrogens is 196 g/mol. The van der Waals surface area contributed by atoms with Crippen molar-refractivity contribution in [3.05, 3.63) is 16.7 Å². The summed E-state index contributed by atoms with van der Waals surface area (Å²) in [5.74, 6) is 2.24. The Kier molecular flexibility index (Phi) is 3.99. The molecule has 0 unspecified atom stereocenters. The molecular formula is C11H19ClN2. The van der Waals surface area contributed by atoms with Crippen LogP contribution in [0.25, 0.3) is 0 Å². The van der Waals surface area contributed by atoms with Crippen molar-refractivity contribution >= 4 is 11.6 Å². The van der Waals surface area contributed by atoms with Crippen molar-refractivity contribution < 1.29 is 0 Å². The molecule has 0 fully saturated rings. The van der Waals surface area contributed by atoms with Gasteiger partial charge in [0.25, 0.3) is 0 Å². The highest BCUT2D eigenvalue weighted by molar-refractivity contribution is 6.30. The van der Waals surface area contributed by atoms with E-state index in [1.165, 1.54) is 0 Å². The average molecular weight is 215 g/mol. The Morgan fingerprint density at radius 2 is 1.71 bits per heavy atom. The van der Waals surface area contributed by atoms with Crippen molar-refractivity contribution in [3.63, 3.8) is 0 Å². The fourth-order valence-corrected chi connectivity index (χ4v) is 1.69. The molecule has 1 heterocycles. The maximum Gasteiger partial charge on any atom is 0.150 e. The molecule has 0 aliphatic rings. The zero-order valence-corrected chi connectivity index (χ0v) is 10.2. The van der Waals surface area contributed by atoms with E-state index in [4.69, 9.17) is 11.6 Å². The van der Waals surface area contributed by atoms with Crippen LogP contribution < -0.4 is 0 Å². The summed E-state index contributed by atoms with van der Waals surface area (Å²) in [6, 6.07) is 0. The van der Waals surface area contributed by atoms with Crippen molar-refractivity contribution in [2.45, 2.75) is 40.5 Å². The molecule has 14 heavy (non-hydrogen) atoms. The highest BCUT2D eigenvalue weighted by Gasteiger charge is 2.10. The van der Waals surface area contributed by atoms with Crippen LogP contribution in [0.3, 0.4) is 0 Å².